The van der Waals surface area contributed by atoms with Crippen molar-refractivity contribution < 1.29 is 14.4 Å². The second kappa shape index (κ2) is 7.23. The maximum absolute atomic E-state index is 12.8. The standard InChI is InChI=1S/C18H19N3O3/c1-13-16-11-15(12-19-17(16)24-20-13)18(23)21(9-10-22)8-7-14-5-3-2-4-6-14/h2-6,11-12,22H,7-10H2,1H3. The van der Waals surface area contributed by atoms with Gasteiger partial charge in [0, 0.05) is 19.3 Å². The number of hydrogen-bond acceptors (Lipinski definition) is 5. The van der Waals surface area contributed by atoms with Crippen molar-refractivity contribution in [3.63, 3.8) is 0 Å². The third-order valence-corrected chi connectivity index (χ3v) is 3.93. The number of aliphatic hydroxyl groups excluding tert-OH is 1. The third kappa shape index (κ3) is 3.44. The topological polar surface area (TPSA) is 79.5 Å². The van der Waals surface area contributed by atoms with Crippen LogP contribution in [0, 0.1) is 6.92 Å². The molecule has 0 spiro atoms. The van der Waals surface area contributed by atoms with Crippen LogP contribution < -0.4 is 0 Å². The Kier molecular flexibility index (Phi) is 4.86. The van der Waals surface area contributed by atoms with Crippen LogP contribution in [0.5, 0.6) is 0 Å². The Hall–Kier alpha value is -2.73. The highest BCUT2D eigenvalue weighted by molar-refractivity contribution is 5.97. The first-order valence-electron chi connectivity index (χ1n) is 7.85. The van der Waals surface area contributed by atoms with Crippen molar-refractivity contribution >= 4 is 17.0 Å². The SMILES string of the molecule is Cc1noc2ncc(C(=O)N(CCO)CCc3ccccc3)cc12. The lowest BCUT2D eigenvalue weighted by Crippen LogP contribution is -2.35. The maximum atomic E-state index is 12.8. The fourth-order valence-electron chi connectivity index (χ4n) is 2.59. The van der Waals surface area contributed by atoms with Crippen LogP contribution in [0.15, 0.2) is 47.1 Å². The van der Waals surface area contributed by atoms with E-state index < -0.39 is 0 Å². The highest BCUT2D eigenvalue weighted by Gasteiger charge is 2.17. The van der Waals surface area contributed by atoms with Gasteiger partial charge in [-0.2, -0.15) is 0 Å². The van der Waals surface area contributed by atoms with Gasteiger partial charge in [0.15, 0.2) is 0 Å². The second-order valence-corrected chi connectivity index (χ2v) is 5.60. The zero-order valence-electron chi connectivity index (χ0n) is 13.5. The molecule has 0 aliphatic rings. The van der Waals surface area contributed by atoms with Gasteiger partial charge in [0.25, 0.3) is 11.6 Å². The number of carbonyl (C=O) groups is 1. The molecule has 0 aliphatic heterocycles. The first kappa shape index (κ1) is 16.1. The molecule has 1 N–H and O–H groups in total. The molecule has 2 aromatic heterocycles. The number of benzene rings is 1. The molecule has 0 atom stereocenters. The number of amides is 1. The van der Waals surface area contributed by atoms with Gasteiger partial charge < -0.3 is 14.5 Å². The summed E-state index contributed by atoms with van der Waals surface area (Å²) < 4.78 is 5.07. The predicted molar refractivity (Wildman–Crippen MR) is 89.7 cm³/mol. The summed E-state index contributed by atoms with van der Waals surface area (Å²) >= 11 is 0. The molecule has 0 aliphatic carbocycles. The number of carbonyl (C=O) groups excluding carboxylic acids is 1. The lowest BCUT2D eigenvalue weighted by molar-refractivity contribution is 0.0723. The first-order valence-corrected chi connectivity index (χ1v) is 7.85. The second-order valence-electron chi connectivity index (χ2n) is 5.60. The quantitative estimate of drug-likeness (QED) is 0.751. The van der Waals surface area contributed by atoms with Gasteiger partial charge >= 0.3 is 0 Å². The zero-order chi connectivity index (χ0) is 16.9. The summed E-state index contributed by atoms with van der Waals surface area (Å²) in [6.45, 7) is 2.54. The van der Waals surface area contributed by atoms with Crippen molar-refractivity contribution in [2.45, 2.75) is 13.3 Å². The van der Waals surface area contributed by atoms with Crippen LogP contribution in [0.1, 0.15) is 21.6 Å². The fourth-order valence-corrected chi connectivity index (χ4v) is 2.59. The molecule has 2 heterocycles. The van der Waals surface area contributed by atoms with Gasteiger partial charge in [-0.1, -0.05) is 35.5 Å². The Morgan fingerprint density at radius 3 is 2.79 bits per heavy atom. The summed E-state index contributed by atoms with van der Waals surface area (Å²) in [4.78, 5) is 18.5. The van der Waals surface area contributed by atoms with E-state index >= 15 is 0 Å². The molecule has 0 saturated heterocycles. The van der Waals surface area contributed by atoms with Crippen LogP contribution in [0.3, 0.4) is 0 Å². The van der Waals surface area contributed by atoms with E-state index in [1.54, 1.807) is 11.0 Å². The van der Waals surface area contributed by atoms with Crippen molar-refractivity contribution in [1.82, 2.24) is 15.0 Å². The predicted octanol–water partition coefficient (Wildman–Crippen LogP) is 2.21. The molecule has 0 unspecified atom stereocenters. The molecule has 24 heavy (non-hydrogen) atoms. The van der Waals surface area contributed by atoms with Gasteiger partial charge in [0.2, 0.25) is 0 Å². The molecule has 0 bridgehead atoms. The van der Waals surface area contributed by atoms with E-state index in [1.165, 1.54) is 6.20 Å². The van der Waals surface area contributed by atoms with Crippen LogP contribution in [0.2, 0.25) is 0 Å². The summed E-state index contributed by atoms with van der Waals surface area (Å²) in [6, 6.07) is 11.7. The van der Waals surface area contributed by atoms with Crippen molar-refractivity contribution in [2.75, 3.05) is 19.7 Å². The lowest BCUT2D eigenvalue weighted by atomic mass is 10.1. The Labute approximate surface area is 139 Å². The minimum Gasteiger partial charge on any atom is -0.395 e. The van der Waals surface area contributed by atoms with E-state index in [4.69, 9.17) is 4.52 Å². The molecule has 0 radical (unpaired) electrons. The average molecular weight is 325 g/mol. The van der Waals surface area contributed by atoms with E-state index in [-0.39, 0.29) is 19.1 Å². The van der Waals surface area contributed by atoms with Crippen LogP contribution >= 0.6 is 0 Å². The van der Waals surface area contributed by atoms with E-state index in [0.717, 1.165) is 17.4 Å². The van der Waals surface area contributed by atoms with E-state index in [2.05, 4.69) is 10.1 Å². The molecule has 1 amide bonds. The van der Waals surface area contributed by atoms with E-state index in [1.807, 2.05) is 37.3 Å². The van der Waals surface area contributed by atoms with Gasteiger partial charge in [-0.15, -0.1) is 0 Å². The minimum atomic E-state index is -0.157. The van der Waals surface area contributed by atoms with Gasteiger partial charge in [-0.05, 0) is 25.0 Å². The molecule has 0 saturated carbocycles. The smallest absolute Gasteiger partial charge is 0.257 e. The van der Waals surface area contributed by atoms with Crippen molar-refractivity contribution in [1.29, 1.82) is 0 Å². The Morgan fingerprint density at radius 2 is 2.04 bits per heavy atom. The summed E-state index contributed by atoms with van der Waals surface area (Å²) in [7, 11) is 0. The summed E-state index contributed by atoms with van der Waals surface area (Å²) in [5, 5.41) is 13.9. The molecule has 124 valence electrons. The van der Waals surface area contributed by atoms with E-state index in [9.17, 15) is 9.90 Å². The number of rotatable bonds is 6. The number of fused-ring (bicyclic) bond motifs is 1. The molecule has 6 nitrogen and oxygen atoms in total. The van der Waals surface area contributed by atoms with Crippen molar-refractivity contribution in [3.8, 4) is 0 Å². The van der Waals surface area contributed by atoms with Crippen molar-refractivity contribution in [2.24, 2.45) is 0 Å². The molecule has 1 aromatic carbocycles. The molecular formula is C18H19N3O3. The summed E-state index contributed by atoms with van der Waals surface area (Å²) in [5.74, 6) is -0.157. The first-order chi connectivity index (χ1) is 11.7. The van der Waals surface area contributed by atoms with Crippen LogP contribution in [-0.4, -0.2) is 45.8 Å². The Balaban J connectivity index is 1.78. The Morgan fingerprint density at radius 1 is 1.25 bits per heavy atom. The number of aryl methyl sites for hydroxylation is 1. The Bertz CT molecular complexity index is 830. The monoisotopic (exact) mass is 325 g/mol. The number of aliphatic hydroxyl groups is 1. The van der Waals surface area contributed by atoms with Gasteiger partial charge in [0.1, 0.15) is 0 Å². The summed E-state index contributed by atoms with van der Waals surface area (Å²) in [5.41, 5.74) is 2.74. The number of nitrogens with zero attached hydrogens (tertiary/aromatic N) is 3. The van der Waals surface area contributed by atoms with Crippen molar-refractivity contribution in [3.05, 3.63) is 59.4 Å². The molecule has 0 fully saturated rings. The third-order valence-electron chi connectivity index (χ3n) is 3.93. The normalized spacial score (nSPS) is 10.9. The zero-order valence-corrected chi connectivity index (χ0v) is 13.5. The highest BCUT2D eigenvalue weighted by Crippen LogP contribution is 2.18. The van der Waals surface area contributed by atoms with Gasteiger partial charge in [-0.3, -0.25) is 4.79 Å². The van der Waals surface area contributed by atoms with Crippen LogP contribution in [0.25, 0.3) is 11.1 Å². The van der Waals surface area contributed by atoms with E-state index in [0.29, 0.717) is 23.5 Å². The fraction of sp³-hybridized carbons (Fsp3) is 0.278. The van der Waals surface area contributed by atoms with Crippen LogP contribution in [0.4, 0.5) is 0 Å². The number of aromatic nitrogens is 2. The van der Waals surface area contributed by atoms with Crippen LogP contribution in [-0.2, 0) is 6.42 Å². The number of pyridine rings is 1. The lowest BCUT2D eigenvalue weighted by Gasteiger charge is -2.21. The minimum absolute atomic E-state index is 0.0809. The molecule has 3 aromatic rings. The molecular weight excluding hydrogens is 306 g/mol. The average Bonchev–Trinajstić information content (AvgIpc) is 2.99. The van der Waals surface area contributed by atoms with Gasteiger partial charge in [0.05, 0.1) is 23.3 Å². The number of hydrogen-bond donors (Lipinski definition) is 1. The van der Waals surface area contributed by atoms with Gasteiger partial charge in [-0.25, -0.2) is 4.98 Å². The summed E-state index contributed by atoms with van der Waals surface area (Å²) in [6.07, 6.45) is 2.22. The highest BCUT2D eigenvalue weighted by atomic mass is 16.5. The maximum Gasteiger partial charge on any atom is 0.257 e. The molecule has 3 rings (SSSR count). The molecule has 6 heteroatoms. The largest absolute Gasteiger partial charge is 0.395 e.